The standard InChI is InChI=1S/C20H20N2O4/c1-13-3-8-17-14(11-26-18(17)9-13)10-19(23)21-15-4-6-16(7-5-15)22-20(24)12-25-2/h3-9,11H,10,12H2,1-2H3,(H,21,23)(H,22,24). The van der Waals surface area contributed by atoms with Crippen LogP contribution < -0.4 is 10.6 Å². The summed E-state index contributed by atoms with van der Waals surface area (Å²) in [5, 5.41) is 6.49. The Bertz CT molecular complexity index is 929. The molecular weight excluding hydrogens is 332 g/mol. The third-order valence-electron chi connectivity index (χ3n) is 3.89. The first kappa shape index (κ1) is 17.7. The molecule has 3 aromatic rings. The lowest BCUT2D eigenvalue weighted by molar-refractivity contribution is -0.119. The lowest BCUT2D eigenvalue weighted by Crippen LogP contribution is -2.17. The number of methoxy groups -OCH3 is 1. The number of carbonyl (C=O) groups excluding carboxylic acids is 2. The number of ether oxygens (including phenoxy) is 1. The van der Waals surface area contributed by atoms with Crippen LogP contribution in [0, 0.1) is 6.92 Å². The minimum atomic E-state index is -0.230. The van der Waals surface area contributed by atoms with Crippen LogP contribution in [0.1, 0.15) is 11.1 Å². The van der Waals surface area contributed by atoms with Gasteiger partial charge in [-0.05, 0) is 42.8 Å². The van der Waals surface area contributed by atoms with Gasteiger partial charge < -0.3 is 19.8 Å². The van der Waals surface area contributed by atoms with Crippen molar-refractivity contribution in [3.05, 3.63) is 59.9 Å². The Morgan fingerprint density at radius 3 is 2.31 bits per heavy atom. The van der Waals surface area contributed by atoms with Crippen molar-refractivity contribution < 1.29 is 18.7 Å². The van der Waals surface area contributed by atoms with Crippen molar-refractivity contribution in [1.82, 2.24) is 0 Å². The Kier molecular flexibility index (Phi) is 5.34. The van der Waals surface area contributed by atoms with Crippen LogP contribution >= 0.6 is 0 Å². The number of carbonyl (C=O) groups is 2. The molecule has 0 radical (unpaired) electrons. The monoisotopic (exact) mass is 352 g/mol. The molecule has 0 aliphatic heterocycles. The average Bonchev–Trinajstić information content (AvgIpc) is 2.98. The summed E-state index contributed by atoms with van der Waals surface area (Å²) in [4.78, 5) is 23.8. The van der Waals surface area contributed by atoms with Crippen molar-refractivity contribution in [2.75, 3.05) is 24.4 Å². The molecule has 0 saturated heterocycles. The van der Waals surface area contributed by atoms with E-state index in [1.165, 1.54) is 7.11 Å². The second-order valence-corrected chi connectivity index (χ2v) is 6.04. The zero-order valence-electron chi connectivity index (χ0n) is 14.7. The van der Waals surface area contributed by atoms with E-state index in [1.807, 2.05) is 25.1 Å². The van der Waals surface area contributed by atoms with Gasteiger partial charge in [0.25, 0.3) is 0 Å². The molecule has 0 aliphatic carbocycles. The third kappa shape index (κ3) is 4.29. The SMILES string of the molecule is COCC(=O)Nc1ccc(NC(=O)Cc2coc3cc(C)ccc23)cc1. The molecule has 0 aliphatic rings. The fourth-order valence-corrected chi connectivity index (χ4v) is 2.67. The van der Waals surface area contributed by atoms with Gasteiger partial charge in [0.2, 0.25) is 11.8 Å². The topological polar surface area (TPSA) is 80.6 Å². The van der Waals surface area contributed by atoms with Crippen molar-refractivity contribution in [2.24, 2.45) is 0 Å². The predicted octanol–water partition coefficient (Wildman–Crippen LogP) is 3.51. The molecule has 0 fully saturated rings. The first-order chi connectivity index (χ1) is 12.5. The molecule has 6 nitrogen and oxygen atoms in total. The third-order valence-corrected chi connectivity index (χ3v) is 3.89. The molecule has 6 heteroatoms. The number of anilines is 2. The van der Waals surface area contributed by atoms with Crippen molar-refractivity contribution in [2.45, 2.75) is 13.3 Å². The number of fused-ring (bicyclic) bond motifs is 1. The van der Waals surface area contributed by atoms with Crippen LogP contribution in [0.2, 0.25) is 0 Å². The van der Waals surface area contributed by atoms with Gasteiger partial charge >= 0.3 is 0 Å². The highest BCUT2D eigenvalue weighted by Gasteiger charge is 2.11. The minimum absolute atomic E-state index is 0.00330. The molecule has 26 heavy (non-hydrogen) atoms. The van der Waals surface area contributed by atoms with E-state index < -0.39 is 0 Å². The summed E-state index contributed by atoms with van der Waals surface area (Å²) in [5.41, 5.74) is 4.04. The molecule has 0 saturated carbocycles. The predicted molar refractivity (Wildman–Crippen MR) is 100 cm³/mol. The first-order valence-corrected chi connectivity index (χ1v) is 8.20. The summed E-state index contributed by atoms with van der Waals surface area (Å²) in [6, 6.07) is 12.8. The summed E-state index contributed by atoms with van der Waals surface area (Å²) < 4.78 is 10.3. The molecule has 0 spiro atoms. The summed E-state index contributed by atoms with van der Waals surface area (Å²) in [7, 11) is 1.46. The van der Waals surface area contributed by atoms with Gasteiger partial charge in [-0.2, -0.15) is 0 Å². The van der Waals surface area contributed by atoms with E-state index in [9.17, 15) is 9.59 Å². The molecule has 2 amide bonds. The Balaban J connectivity index is 1.61. The van der Waals surface area contributed by atoms with Crippen LogP contribution in [-0.2, 0) is 20.7 Å². The first-order valence-electron chi connectivity index (χ1n) is 8.20. The van der Waals surface area contributed by atoms with Gasteiger partial charge in [0, 0.05) is 29.4 Å². The largest absolute Gasteiger partial charge is 0.464 e. The number of nitrogens with one attached hydrogen (secondary N) is 2. The molecule has 0 unspecified atom stereocenters. The van der Waals surface area contributed by atoms with Crippen LogP contribution in [0.25, 0.3) is 11.0 Å². The van der Waals surface area contributed by atoms with E-state index in [4.69, 9.17) is 9.15 Å². The van der Waals surface area contributed by atoms with Gasteiger partial charge in [0.1, 0.15) is 12.2 Å². The maximum atomic E-state index is 12.3. The number of hydrogen-bond donors (Lipinski definition) is 2. The van der Waals surface area contributed by atoms with E-state index in [0.29, 0.717) is 11.4 Å². The average molecular weight is 352 g/mol. The number of amides is 2. The van der Waals surface area contributed by atoms with E-state index in [2.05, 4.69) is 10.6 Å². The molecule has 3 rings (SSSR count). The Morgan fingerprint density at radius 1 is 1.00 bits per heavy atom. The Hall–Kier alpha value is -3.12. The molecule has 2 aromatic carbocycles. The molecule has 1 aromatic heterocycles. The smallest absolute Gasteiger partial charge is 0.250 e. The van der Waals surface area contributed by atoms with Gasteiger partial charge in [0.05, 0.1) is 12.7 Å². The van der Waals surface area contributed by atoms with Gasteiger partial charge in [-0.15, -0.1) is 0 Å². The zero-order valence-corrected chi connectivity index (χ0v) is 14.7. The summed E-state index contributed by atoms with van der Waals surface area (Å²) in [5.74, 6) is -0.365. The number of benzene rings is 2. The lowest BCUT2D eigenvalue weighted by atomic mass is 10.1. The van der Waals surface area contributed by atoms with Crippen LogP contribution in [0.15, 0.2) is 53.1 Å². The molecular formula is C20H20N2O4. The second-order valence-electron chi connectivity index (χ2n) is 6.04. The van der Waals surface area contributed by atoms with E-state index in [-0.39, 0.29) is 24.8 Å². The molecule has 0 bridgehead atoms. The van der Waals surface area contributed by atoms with Crippen LogP contribution in [0.4, 0.5) is 11.4 Å². The van der Waals surface area contributed by atoms with Gasteiger partial charge in [-0.3, -0.25) is 9.59 Å². The van der Waals surface area contributed by atoms with Crippen molar-refractivity contribution in [3.8, 4) is 0 Å². The molecule has 134 valence electrons. The number of rotatable bonds is 6. The summed E-state index contributed by atoms with van der Waals surface area (Å²) >= 11 is 0. The fourth-order valence-electron chi connectivity index (χ4n) is 2.67. The van der Waals surface area contributed by atoms with Crippen LogP contribution in [0.3, 0.4) is 0 Å². The van der Waals surface area contributed by atoms with Gasteiger partial charge in [-0.1, -0.05) is 12.1 Å². The highest BCUT2D eigenvalue weighted by atomic mass is 16.5. The maximum absolute atomic E-state index is 12.3. The zero-order chi connectivity index (χ0) is 18.5. The van der Waals surface area contributed by atoms with E-state index in [1.54, 1.807) is 30.5 Å². The minimum Gasteiger partial charge on any atom is -0.464 e. The van der Waals surface area contributed by atoms with Crippen molar-refractivity contribution in [1.29, 1.82) is 0 Å². The fraction of sp³-hybridized carbons (Fsp3) is 0.200. The highest BCUT2D eigenvalue weighted by Crippen LogP contribution is 2.23. The van der Waals surface area contributed by atoms with Gasteiger partial charge in [0.15, 0.2) is 0 Å². The Morgan fingerprint density at radius 2 is 1.65 bits per heavy atom. The lowest BCUT2D eigenvalue weighted by Gasteiger charge is -2.07. The van der Waals surface area contributed by atoms with Gasteiger partial charge in [-0.25, -0.2) is 0 Å². The van der Waals surface area contributed by atoms with Crippen molar-refractivity contribution >= 4 is 34.2 Å². The molecule has 1 heterocycles. The van der Waals surface area contributed by atoms with Crippen molar-refractivity contribution in [3.63, 3.8) is 0 Å². The molecule has 0 atom stereocenters. The summed E-state index contributed by atoms with van der Waals surface area (Å²) in [6.07, 6.45) is 1.85. The quantitative estimate of drug-likeness (QED) is 0.711. The maximum Gasteiger partial charge on any atom is 0.250 e. The number of aryl methyl sites for hydroxylation is 1. The highest BCUT2D eigenvalue weighted by molar-refractivity contribution is 5.96. The summed E-state index contributed by atoms with van der Waals surface area (Å²) in [6.45, 7) is 1.99. The Labute approximate surface area is 151 Å². The molecule has 2 N–H and O–H groups in total. The van der Waals surface area contributed by atoms with Crippen LogP contribution in [-0.4, -0.2) is 25.5 Å². The normalized spacial score (nSPS) is 10.7. The van der Waals surface area contributed by atoms with Crippen LogP contribution in [0.5, 0.6) is 0 Å². The second kappa shape index (κ2) is 7.84. The van der Waals surface area contributed by atoms with E-state index >= 15 is 0 Å². The number of hydrogen-bond acceptors (Lipinski definition) is 4. The van der Waals surface area contributed by atoms with E-state index in [0.717, 1.165) is 22.1 Å². The number of furan rings is 1.